The van der Waals surface area contributed by atoms with Crippen molar-refractivity contribution < 1.29 is 4.79 Å². The molecule has 0 spiro atoms. The van der Waals surface area contributed by atoms with E-state index in [1.807, 2.05) is 18.3 Å². The Hall–Kier alpha value is -1.05. The summed E-state index contributed by atoms with van der Waals surface area (Å²) >= 11 is 0. The molecule has 0 aliphatic heterocycles. The van der Waals surface area contributed by atoms with Gasteiger partial charge in [0.1, 0.15) is 0 Å². The van der Waals surface area contributed by atoms with E-state index in [0.29, 0.717) is 0 Å². The number of hydrogen-bond donors (Lipinski definition) is 0. The van der Waals surface area contributed by atoms with Crippen LogP contribution in [0.25, 0.3) is 0 Å². The van der Waals surface area contributed by atoms with Crippen molar-refractivity contribution in [2.75, 3.05) is 0 Å². The van der Waals surface area contributed by atoms with Crippen LogP contribution >= 0.6 is 0 Å². The lowest BCUT2D eigenvalue weighted by molar-refractivity contribution is 0.111. The highest BCUT2D eigenvalue weighted by molar-refractivity contribution is 5.72. The maximum absolute atomic E-state index is 10.8. The minimum Gasteiger partial charge on any atom is -0.345 e. The second-order valence-corrected chi connectivity index (χ2v) is 5.00. The predicted octanol–water partition coefficient (Wildman–Crippen LogP) is 3.52. The van der Waals surface area contributed by atoms with Gasteiger partial charge in [-0.3, -0.25) is 4.79 Å². The fraction of sp³-hybridized carbons (Fsp3) is 0.643. The summed E-state index contributed by atoms with van der Waals surface area (Å²) in [4.78, 5) is 10.8. The van der Waals surface area contributed by atoms with Crippen LogP contribution in [0.15, 0.2) is 18.3 Å². The van der Waals surface area contributed by atoms with Crippen LogP contribution in [0.4, 0.5) is 0 Å². The van der Waals surface area contributed by atoms with Gasteiger partial charge in [-0.15, -0.1) is 0 Å². The average molecular weight is 219 g/mol. The molecule has 0 unspecified atom stereocenters. The Morgan fingerprint density at radius 3 is 2.62 bits per heavy atom. The van der Waals surface area contributed by atoms with Crippen LogP contribution in [-0.4, -0.2) is 10.9 Å². The van der Waals surface area contributed by atoms with Crippen molar-refractivity contribution >= 4 is 6.29 Å². The first kappa shape index (κ1) is 11.4. The molecule has 1 aromatic rings. The van der Waals surface area contributed by atoms with Gasteiger partial charge >= 0.3 is 0 Å². The van der Waals surface area contributed by atoms with E-state index in [1.54, 1.807) is 0 Å². The Morgan fingerprint density at radius 2 is 2.00 bits per heavy atom. The summed E-state index contributed by atoms with van der Waals surface area (Å²) in [5, 5.41) is 0. The zero-order valence-electron chi connectivity index (χ0n) is 10.1. The molecule has 0 amide bonds. The van der Waals surface area contributed by atoms with Crippen molar-refractivity contribution in [2.45, 2.75) is 45.6 Å². The first-order valence-corrected chi connectivity index (χ1v) is 6.43. The molecule has 1 aliphatic carbocycles. The quantitative estimate of drug-likeness (QED) is 0.710. The minimum atomic E-state index is 0.772. The molecule has 0 N–H and O–H groups in total. The van der Waals surface area contributed by atoms with Gasteiger partial charge in [0.25, 0.3) is 0 Å². The van der Waals surface area contributed by atoms with E-state index in [4.69, 9.17) is 0 Å². The summed E-state index contributed by atoms with van der Waals surface area (Å²) in [7, 11) is 0. The Balaban J connectivity index is 1.89. The Morgan fingerprint density at radius 1 is 1.31 bits per heavy atom. The molecule has 0 radical (unpaired) electrons. The third-order valence-corrected chi connectivity index (χ3v) is 3.98. The molecule has 88 valence electrons. The molecule has 2 rings (SSSR count). The fourth-order valence-corrected chi connectivity index (χ4v) is 2.80. The molecule has 2 nitrogen and oxygen atoms in total. The molecule has 2 heteroatoms. The molecule has 1 heterocycles. The molecule has 16 heavy (non-hydrogen) atoms. The van der Waals surface area contributed by atoms with Crippen molar-refractivity contribution in [3.63, 3.8) is 0 Å². The molecular weight excluding hydrogens is 198 g/mol. The largest absolute Gasteiger partial charge is 0.345 e. The number of nitrogens with zero attached hydrogens (tertiary/aromatic N) is 1. The molecule has 1 aromatic heterocycles. The normalized spacial score (nSPS) is 25.6. The summed E-state index contributed by atoms with van der Waals surface area (Å²) in [6, 6.07) is 3.85. The summed E-state index contributed by atoms with van der Waals surface area (Å²) in [6.07, 6.45) is 9.71. The summed E-state index contributed by atoms with van der Waals surface area (Å²) in [6.45, 7) is 3.32. The lowest BCUT2D eigenvalue weighted by Crippen LogP contribution is -2.19. The second-order valence-electron chi connectivity index (χ2n) is 5.00. The topological polar surface area (TPSA) is 22.0 Å². The zero-order valence-corrected chi connectivity index (χ0v) is 10.1. The molecule has 0 atom stereocenters. The van der Waals surface area contributed by atoms with E-state index in [0.717, 1.165) is 30.4 Å². The van der Waals surface area contributed by atoms with E-state index in [9.17, 15) is 4.79 Å². The van der Waals surface area contributed by atoms with Gasteiger partial charge < -0.3 is 4.57 Å². The zero-order chi connectivity index (χ0) is 11.4. The highest BCUT2D eigenvalue weighted by Gasteiger charge is 2.20. The monoisotopic (exact) mass is 219 g/mol. The van der Waals surface area contributed by atoms with Gasteiger partial charge in [-0.2, -0.15) is 0 Å². The second kappa shape index (κ2) is 5.33. The molecule has 1 saturated carbocycles. The lowest BCUT2D eigenvalue weighted by atomic mass is 9.81. The van der Waals surface area contributed by atoms with Crippen LogP contribution in [0.3, 0.4) is 0 Å². The first-order valence-electron chi connectivity index (χ1n) is 6.43. The summed E-state index contributed by atoms with van der Waals surface area (Å²) < 4.78 is 2.10. The minimum absolute atomic E-state index is 0.772. The van der Waals surface area contributed by atoms with E-state index in [-0.39, 0.29) is 0 Å². The maximum atomic E-state index is 10.8. The summed E-state index contributed by atoms with van der Waals surface area (Å²) in [5.41, 5.74) is 0.817. The number of aromatic nitrogens is 1. The number of rotatable bonds is 4. The number of carbonyl (C=O) groups excluding carboxylic acids is 1. The van der Waals surface area contributed by atoms with Crippen LogP contribution < -0.4 is 0 Å². The first-order chi connectivity index (χ1) is 7.83. The molecular formula is C14H21NO. The van der Waals surface area contributed by atoms with Gasteiger partial charge in [0.05, 0.1) is 5.69 Å². The van der Waals surface area contributed by atoms with Crippen LogP contribution in [-0.2, 0) is 6.54 Å². The third-order valence-electron chi connectivity index (χ3n) is 3.98. The van der Waals surface area contributed by atoms with E-state index in [1.165, 1.54) is 32.1 Å². The van der Waals surface area contributed by atoms with Crippen molar-refractivity contribution in [3.05, 3.63) is 24.0 Å². The maximum Gasteiger partial charge on any atom is 0.166 e. The number of carbonyl (C=O) groups is 1. The van der Waals surface area contributed by atoms with E-state index < -0.39 is 0 Å². The van der Waals surface area contributed by atoms with Gasteiger partial charge in [-0.25, -0.2) is 0 Å². The van der Waals surface area contributed by atoms with Gasteiger partial charge in [-0.1, -0.05) is 26.2 Å². The number of aldehydes is 1. The van der Waals surface area contributed by atoms with Crippen molar-refractivity contribution in [2.24, 2.45) is 11.8 Å². The van der Waals surface area contributed by atoms with Gasteiger partial charge in [0.2, 0.25) is 0 Å². The van der Waals surface area contributed by atoms with Gasteiger partial charge in [0, 0.05) is 12.7 Å². The predicted molar refractivity (Wildman–Crippen MR) is 65.6 cm³/mol. The highest BCUT2D eigenvalue weighted by atomic mass is 16.1. The Bertz CT molecular complexity index is 334. The lowest BCUT2D eigenvalue weighted by Gasteiger charge is -2.28. The van der Waals surface area contributed by atoms with Crippen LogP contribution in [0.1, 0.15) is 49.5 Å². The molecule has 1 aliphatic rings. The molecule has 0 saturated heterocycles. The SMILES string of the molecule is CCC1CCC(Cn2cccc2C=O)CC1. The van der Waals surface area contributed by atoms with Crippen molar-refractivity contribution in [3.8, 4) is 0 Å². The Labute approximate surface area is 97.7 Å². The van der Waals surface area contributed by atoms with Crippen LogP contribution in [0.5, 0.6) is 0 Å². The molecule has 0 bridgehead atoms. The van der Waals surface area contributed by atoms with E-state index >= 15 is 0 Å². The highest BCUT2D eigenvalue weighted by Crippen LogP contribution is 2.31. The molecule has 0 aromatic carbocycles. The standard InChI is InChI=1S/C14H21NO/c1-2-12-5-7-13(8-6-12)10-15-9-3-4-14(15)11-16/h3-4,9,11-13H,2,5-8,10H2,1H3. The average Bonchev–Trinajstić information content (AvgIpc) is 2.77. The summed E-state index contributed by atoms with van der Waals surface area (Å²) in [5.74, 6) is 1.72. The smallest absolute Gasteiger partial charge is 0.166 e. The van der Waals surface area contributed by atoms with Crippen molar-refractivity contribution in [1.29, 1.82) is 0 Å². The van der Waals surface area contributed by atoms with Gasteiger partial charge in [0.15, 0.2) is 6.29 Å². The van der Waals surface area contributed by atoms with Crippen molar-refractivity contribution in [1.82, 2.24) is 4.57 Å². The fourth-order valence-electron chi connectivity index (χ4n) is 2.80. The van der Waals surface area contributed by atoms with Gasteiger partial charge in [-0.05, 0) is 36.8 Å². The Kier molecular flexibility index (Phi) is 3.81. The number of hydrogen-bond acceptors (Lipinski definition) is 1. The van der Waals surface area contributed by atoms with E-state index in [2.05, 4.69) is 11.5 Å². The van der Waals surface area contributed by atoms with Crippen LogP contribution in [0.2, 0.25) is 0 Å². The third kappa shape index (κ3) is 2.55. The van der Waals surface area contributed by atoms with Crippen LogP contribution in [0, 0.1) is 11.8 Å². The molecule has 1 fully saturated rings.